The summed E-state index contributed by atoms with van der Waals surface area (Å²) in [6, 6.07) is 14.8. The van der Waals surface area contributed by atoms with Crippen LogP contribution in [0.2, 0.25) is 0 Å². The Labute approximate surface area is 170 Å². The maximum absolute atomic E-state index is 12.6. The summed E-state index contributed by atoms with van der Waals surface area (Å²) < 4.78 is 5.19. The van der Waals surface area contributed by atoms with Gasteiger partial charge in [0.25, 0.3) is 0 Å². The third-order valence-corrected chi connectivity index (χ3v) is 4.36. The topological polar surface area (TPSA) is 111 Å². The number of rotatable bonds is 9. The zero-order valence-corrected chi connectivity index (χ0v) is 16.6. The molecule has 0 fully saturated rings. The quantitative estimate of drug-likeness (QED) is 0.445. The number of alkyl carbamates (subject to hydrolysis) is 1. The van der Waals surface area contributed by atoms with Crippen LogP contribution in [0.4, 0.5) is 10.5 Å². The molecular weight excluding hydrogens is 370 g/mol. The molecule has 0 heterocycles. The number of carbonyl (C=O) groups is 3. The second kappa shape index (κ2) is 10.8. The van der Waals surface area contributed by atoms with Gasteiger partial charge in [-0.15, -0.1) is 0 Å². The molecule has 2 aromatic carbocycles. The lowest BCUT2D eigenvalue weighted by Gasteiger charge is -2.23. The average molecular weight is 397 g/mol. The molecule has 154 valence electrons. The number of nitrogens with two attached hydrogens (primary N) is 1. The Morgan fingerprint density at radius 2 is 1.66 bits per heavy atom. The molecule has 2 rings (SSSR count). The van der Waals surface area contributed by atoms with Gasteiger partial charge in [0.15, 0.2) is 0 Å². The van der Waals surface area contributed by atoms with Crippen molar-refractivity contribution in [2.24, 2.45) is 5.92 Å². The van der Waals surface area contributed by atoms with Crippen LogP contribution in [0, 0.1) is 5.92 Å². The molecule has 7 heteroatoms. The maximum Gasteiger partial charge on any atom is 0.408 e. The molecule has 29 heavy (non-hydrogen) atoms. The van der Waals surface area contributed by atoms with Gasteiger partial charge < -0.3 is 25.9 Å². The molecule has 0 bridgehead atoms. The lowest BCUT2D eigenvalue weighted by molar-refractivity contribution is -0.126. The fourth-order valence-corrected chi connectivity index (χ4v) is 2.74. The van der Waals surface area contributed by atoms with Gasteiger partial charge in [-0.25, -0.2) is 4.79 Å². The van der Waals surface area contributed by atoms with Crippen molar-refractivity contribution in [2.75, 3.05) is 5.73 Å². The molecule has 0 saturated heterocycles. The van der Waals surface area contributed by atoms with E-state index in [0.717, 1.165) is 11.1 Å². The van der Waals surface area contributed by atoms with E-state index in [0.29, 0.717) is 18.4 Å². The SMILES string of the molecule is CC(C)[C@H](NC(=O)OCc1ccccc1)C(=O)NC(C=O)Cc1ccc(N)cc1. The highest BCUT2D eigenvalue weighted by Crippen LogP contribution is 2.09. The molecule has 0 aliphatic carbocycles. The summed E-state index contributed by atoms with van der Waals surface area (Å²) in [7, 11) is 0. The Kier molecular flexibility index (Phi) is 8.21. The zero-order valence-electron chi connectivity index (χ0n) is 16.6. The van der Waals surface area contributed by atoms with Crippen LogP contribution in [-0.4, -0.2) is 30.4 Å². The van der Waals surface area contributed by atoms with E-state index < -0.39 is 24.1 Å². The van der Waals surface area contributed by atoms with Gasteiger partial charge in [-0.2, -0.15) is 0 Å². The first-order valence-corrected chi connectivity index (χ1v) is 9.46. The van der Waals surface area contributed by atoms with E-state index in [1.54, 1.807) is 38.1 Å². The van der Waals surface area contributed by atoms with Gasteiger partial charge in [-0.05, 0) is 35.6 Å². The summed E-state index contributed by atoms with van der Waals surface area (Å²) in [5.74, 6) is -0.632. The van der Waals surface area contributed by atoms with Crippen molar-refractivity contribution < 1.29 is 19.1 Å². The van der Waals surface area contributed by atoms with E-state index in [-0.39, 0.29) is 12.5 Å². The number of anilines is 1. The minimum Gasteiger partial charge on any atom is -0.445 e. The van der Waals surface area contributed by atoms with Crippen LogP contribution in [0.5, 0.6) is 0 Å². The molecule has 2 aromatic rings. The van der Waals surface area contributed by atoms with Crippen LogP contribution < -0.4 is 16.4 Å². The van der Waals surface area contributed by atoms with Crippen molar-refractivity contribution in [1.82, 2.24) is 10.6 Å². The number of benzene rings is 2. The van der Waals surface area contributed by atoms with Crippen LogP contribution in [0.25, 0.3) is 0 Å². The number of nitrogens with one attached hydrogen (secondary N) is 2. The first-order valence-electron chi connectivity index (χ1n) is 9.46. The number of amides is 2. The Morgan fingerprint density at radius 1 is 1.00 bits per heavy atom. The zero-order chi connectivity index (χ0) is 21.2. The van der Waals surface area contributed by atoms with E-state index >= 15 is 0 Å². The van der Waals surface area contributed by atoms with E-state index in [9.17, 15) is 14.4 Å². The van der Waals surface area contributed by atoms with Crippen LogP contribution >= 0.6 is 0 Å². The van der Waals surface area contributed by atoms with E-state index in [2.05, 4.69) is 10.6 Å². The molecule has 0 aliphatic heterocycles. The molecule has 2 amide bonds. The second-order valence-electron chi connectivity index (χ2n) is 7.12. The Bertz CT molecular complexity index is 807. The van der Waals surface area contributed by atoms with Crippen LogP contribution in [0.1, 0.15) is 25.0 Å². The van der Waals surface area contributed by atoms with Crippen molar-refractivity contribution >= 4 is 24.0 Å². The third-order valence-electron chi connectivity index (χ3n) is 4.36. The van der Waals surface area contributed by atoms with Gasteiger partial charge in [0.2, 0.25) is 5.91 Å². The molecule has 7 nitrogen and oxygen atoms in total. The minimum atomic E-state index is -0.827. The fraction of sp³-hybridized carbons (Fsp3) is 0.318. The van der Waals surface area contributed by atoms with Gasteiger partial charge in [-0.3, -0.25) is 4.79 Å². The number of nitrogen functional groups attached to an aromatic ring is 1. The van der Waals surface area contributed by atoms with Gasteiger partial charge >= 0.3 is 6.09 Å². The molecular formula is C22H27N3O4. The van der Waals surface area contributed by atoms with Gasteiger partial charge in [-0.1, -0.05) is 56.3 Å². The molecule has 4 N–H and O–H groups in total. The number of hydrogen-bond acceptors (Lipinski definition) is 5. The van der Waals surface area contributed by atoms with Crippen molar-refractivity contribution in [3.05, 3.63) is 65.7 Å². The first-order chi connectivity index (χ1) is 13.9. The number of hydrogen-bond donors (Lipinski definition) is 3. The van der Waals surface area contributed by atoms with Crippen molar-refractivity contribution in [2.45, 2.75) is 39.0 Å². The normalized spacial score (nSPS) is 12.7. The Balaban J connectivity index is 1.91. The summed E-state index contributed by atoms with van der Waals surface area (Å²) in [5.41, 5.74) is 8.00. The lowest BCUT2D eigenvalue weighted by Crippen LogP contribution is -2.52. The van der Waals surface area contributed by atoms with Gasteiger partial charge in [0.05, 0.1) is 6.04 Å². The highest BCUT2D eigenvalue weighted by molar-refractivity contribution is 5.87. The predicted molar refractivity (Wildman–Crippen MR) is 111 cm³/mol. The number of carbonyl (C=O) groups excluding carboxylic acids is 3. The highest BCUT2D eigenvalue weighted by atomic mass is 16.5. The highest BCUT2D eigenvalue weighted by Gasteiger charge is 2.26. The fourth-order valence-electron chi connectivity index (χ4n) is 2.74. The van der Waals surface area contributed by atoms with Crippen LogP contribution in [0.15, 0.2) is 54.6 Å². The standard InChI is InChI=1S/C22H27N3O4/c1-15(2)20(25-22(28)29-14-17-6-4-3-5-7-17)21(27)24-19(13-26)12-16-8-10-18(23)11-9-16/h3-11,13,15,19-20H,12,14,23H2,1-2H3,(H,24,27)(H,25,28)/t19?,20-/m0/s1. The number of ether oxygens (including phenoxy) is 1. The smallest absolute Gasteiger partial charge is 0.408 e. The summed E-state index contributed by atoms with van der Waals surface area (Å²) in [6.45, 7) is 3.71. The maximum atomic E-state index is 12.6. The molecule has 1 unspecified atom stereocenters. The summed E-state index contributed by atoms with van der Waals surface area (Å²) in [5, 5.41) is 5.26. The molecule has 0 aliphatic rings. The van der Waals surface area contributed by atoms with Crippen molar-refractivity contribution in [3.63, 3.8) is 0 Å². The van der Waals surface area contributed by atoms with Crippen molar-refractivity contribution in [3.8, 4) is 0 Å². The van der Waals surface area contributed by atoms with Crippen LogP contribution in [0.3, 0.4) is 0 Å². The Morgan fingerprint density at radius 3 is 2.24 bits per heavy atom. The first kappa shape index (κ1) is 21.9. The number of aldehydes is 1. The van der Waals surface area contributed by atoms with Gasteiger partial charge in [0.1, 0.15) is 18.9 Å². The Hall–Kier alpha value is -3.35. The summed E-state index contributed by atoms with van der Waals surface area (Å²) >= 11 is 0. The van der Waals surface area contributed by atoms with Crippen LogP contribution in [-0.2, 0) is 27.4 Å². The second-order valence-corrected chi connectivity index (χ2v) is 7.12. The van der Waals surface area contributed by atoms with E-state index in [1.165, 1.54) is 0 Å². The predicted octanol–water partition coefficient (Wildman–Crippen LogP) is 2.45. The monoisotopic (exact) mass is 397 g/mol. The molecule has 0 spiro atoms. The largest absolute Gasteiger partial charge is 0.445 e. The lowest BCUT2D eigenvalue weighted by atomic mass is 10.0. The molecule has 0 aromatic heterocycles. The molecule has 0 saturated carbocycles. The third kappa shape index (κ3) is 7.29. The minimum absolute atomic E-state index is 0.104. The summed E-state index contributed by atoms with van der Waals surface area (Å²) in [4.78, 5) is 36.2. The molecule has 0 radical (unpaired) electrons. The summed E-state index contributed by atoms with van der Waals surface area (Å²) in [6.07, 6.45) is 0.321. The molecule has 2 atom stereocenters. The van der Waals surface area contributed by atoms with E-state index in [4.69, 9.17) is 10.5 Å². The van der Waals surface area contributed by atoms with E-state index in [1.807, 2.05) is 30.3 Å². The average Bonchev–Trinajstić information content (AvgIpc) is 2.72. The van der Waals surface area contributed by atoms with Gasteiger partial charge in [0, 0.05) is 5.69 Å². The van der Waals surface area contributed by atoms with Crippen molar-refractivity contribution in [1.29, 1.82) is 0 Å².